The van der Waals surface area contributed by atoms with Gasteiger partial charge in [-0.1, -0.05) is 30.3 Å². The summed E-state index contributed by atoms with van der Waals surface area (Å²) < 4.78 is 0. The molecule has 0 aliphatic rings. The summed E-state index contributed by atoms with van der Waals surface area (Å²) in [5, 5.41) is 5.38. The first-order valence-corrected chi connectivity index (χ1v) is 9.01. The summed E-state index contributed by atoms with van der Waals surface area (Å²) in [4.78, 5) is 36.2. The van der Waals surface area contributed by atoms with Gasteiger partial charge in [0.1, 0.15) is 0 Å². The van der Waals surface area contributed by atoms with Crippen molar-refractivity contribution in [3.8, 4) is 0 Å². The predicted molar refractivity (Wildman–Crippen MR) is 107 cm³/mol. The number of nitrogens with one attached hydrogen (secondary N) is 2. The van der Waals surface area contributed by atoms with Gasteiger partial charge in [0, 0.05) is 24.1 Å². The number of Topliss-reactive ketones (excluding diaryl/α,β-unsaturated/α-hetero) is 1. The van der Waals surface area contributed by atoms with E-state index in [1.54, 1.807) is 6.07 Å². The van der Waals surface area contributed by atoms with Crippen molar-refractivity contribution in [1.82, 2.24) is 5.32 Å². The van der Waals surface area contributed by atoms with Gasteiger partial charge in [-0.3, -0.25) is 14.4 Å². The molecule has 5 nitrogen and oxygen atoms in total. The van der Waals surface area contributed by atoms with E-state index in [-0.39, 0.29) is 37.0 Å². The van der Waals surface area contributed by atoms with E-state index in [1.165, 1.54) is 0 Å². The highest BCUT2D eigenvalue weighted by Crippen LogP contribution is 2.19. The molecule has 0 heterocycles. The topological polar surface area (TPSA) is 75.3 Å². The minimum atomic E-state index is -0.316. The van der Waals surface area contributed by atoms with Crippen molar-refractivity contribution >= 4 is 23.3 Å². The Morgan fingerprint density at radius 3 is 2.07 bits per heavy atom. The van der Waals surface area contributed by atoms with E-state index in [0.29, 0.717) is 5.56 Å². The fourth-order valence-corrected chi connectivity index (χ4v) is 2.75. The number of ketones is 1. The largest absolute Gasteiger partial charge is 0.347 e. The molecular formula is C22H26N2O3. The smallest absolute Gasteiger partial charge is 0.243 e. The normalized spacial score (nSPS) is 10.4. The summed E-state index contributed by atoms with van der Waals surface area (Å²) in [7, 11) is 0. The number of carbonyl (C=O) groups is 3. The summed E-state index contributed by atoms with van der Waals surface area (Å²) in [6.07, 6.45) is 0.176. The fraction of sp³-hybridized carbons (Fsp3) is 0.318. The van der Waals surface area contributed by atoms with E-state index in [4.69, 9.17) is 0 Å². The zero-order chi connectivity index (χ0) is 20.0. The molecule has 2 N–H and O–H groups in total. The van der Waals surface area contributed by atoms with Crippen LogP contribution in [0.1, 0.15) is 45.5 Å². The number of para-hydroxylation sites is 1. The number of hydrogen-bond donors (Lipinski definition) is 2. The average Bonchev–Trinajstić information content (AvgIpc) is 2.63. The van der Waals surface area contributed by atoms with Gasteiger partial charge in [-0.25, -0.2) is 0 Å². The summed E-state index contributed by atoms with van der Waals surface area (Å²) in [5.74, 6) is -0.682. The molecule has 2 aromatic carbocycles. The van der Waals surface area contributed by atoms with Crippen molar-refractivity contribution in [3.05, 3.63) is 64.2 Å². The molecule has 0 saturated heterocycles. The van der Waals surface area contributed by atoms with Gasteiger partial charge >= 0.3 is 0 Å². The Labute approximate surface area is 160 Å². The maximum atomic E-state index is 12.2. The molecule has 5 heteroatoms. The van der Waals surface area contributed by atoms with Gasteiger partial charge in [-0.05, 0) is 56.0 Å². The molecule has 2 aromatic rings. The molecule has 2 amide bonds. The van der Waals surface area contributed by atoms with Crippen LogP contribution in [0.2, 0.25) is 0 Å². The van der Waals surface area contributed by atoms with E-state index >= 15 is 0 Å². The first-order valence-electron chi connectivity index (χ1n) is 9.01. The molecule has 0 radical (unpaired) electrons. The first-order chi connectivity index (χ1) is 12.8. The molecule has 0 saturated carbocycles. The maximum absolute atomic E-state index is 12.2. The van der Waals surface area contributed by atoms with Crippen LogP contribution in [0.15, 0.2) is 36.4 Å². The van der Waals surface area contributed by atoms with Gasteiger partial charge in [-0.15, -0.1) is 0 Å². The molecule has 0 spiro atoms. The second-order valence-corrected chi connectivity index (χ2v) is 6.81. The van der Waals surface area contributed by atoms with Crippen LogP contribution >= 0.6 is 0 Å². The second kappa shape index (κ2) is 9.12. The van der Waals surface area contributed by atoms with Crippen molar-refractivity contribution in [3.63, 3.8) is 0 Å². The number of carbonyl (C=O) groups excluding carboxylic acids is 3. The molecule has 0 bridgehead atoms. The summed E-state index contributed by atoms with van der Waals surface area (Å²) in [5.41, 5.74) is 5.48. The highest BCUT2D eigenvalue weighted by atomic mass is 16.2. The van der Waals surface area contributed by atoms with Crippen LogP contribution in [0, 0.1) is 27.7 Å². The third kappa shape index (κ3) is 5.78. The van der Waals surface area contributed by atoms with Crippen molar-refractivity contribution in [2.45, 2.75) is 40.5 Å². The monoisotopic (exact) mass is 366 g/mol. The van der Waals surface area contributed by atoms with Gasteiger partial charge in [0.05, 0.1) is 6.54 Å². The van der Waals surface area contributed by atoms with E-state index in [9.17, 15) is 14.4 Å². The highest BCUT2D eigenvalue weighted by molar-refractivity contribution is 5.99. The number of benzene rings is 2. The van der Waals surface area contributed by atoms with Crippen molar-refractivity contribution < 1.29 is 14.4 Å². The van der Waals surface area contributed by atoms with Crippen LogP contribution in [0.5, 0.6) is 0 Å². The van der Waals surface area contributed by atoms with Gasteiger partial charge in [0.15, 0.2) is 5.78 Å². The molecule has 2 rings (SSSR count). The first kappa shape index (κ1) is 20.4. The molecule has 0 unspecified atom stereocenters. The minimum absolute atomic E-state index is 0.0580. The fourth-order valence-electron chi connectivity index (χ4n) is 2.75. The van der Waals surface area contributed by atoms with Gasteiger partial charge in [0.2, 0.25) is 11.8 Å². The van der Waals surface area contributed by atoms with E-state index in [1.807, 2.05) is 58.0 Å². The zero-order valence-electron chi connectivity index (χ0n) is 16.3. The Hall–Kier alpha value is -2.95. The van der Waals surface area contributed by atoms with Crippen molar-refractivity contribution in [1.29, 1.82) is 0 Å². The number of hydrogen-bond acceptors (Lipinski definition) is 3. The van der Waals surface area contributed by atoms with Crippen LogP contribution < -0.4 is 10.6 Å². The summed E-state index contributed by atoms with van der Waals surface area (Å²) >= 11 is 0. The third-order valence-electron chi connectivity index (χ3n) is 4.60. The molecule has 0 fully saturated rings. The lowest BCUT2D eigenvalue weighted by molar-refractivity contribution is -0.124. The van der Waals surface area contributed by atoms with Crippen LogP contribution in [0.25, 0.3) is 0 Å². The van der Waals surface area contributed by atoms with E-state index in [2.05, 4.69) is 10.6 Å². The molecule has 0 aliphatic carbocycles. The average molecular weight is 366 g/mol. The summed E-state index contributed by atoms with van der Waals surface area (Å²) in [6, 6.07) is 11.3. The molecule has 0 atom stereocenters. The number of anilines is 1. The number of aryl methyl sites for hydroxylation is 4. The number of amides is 2. The lowest BCUT2D eigenvalue weighted by Crippen LogP contribution is -2.33. The Kier molecular flexibility index (Phi) is 6.88. The molecular weight excluding hydrogens is 340 g/mol. The zero-order valence-corrected chi connectivity index (χ0v) is 16.3. The Morgan fingerprint density at radius 2 is 1.44 bits per heavy atom. The van der Waals surface area contributed by atoms with Crippen LogP contribution in [0.4, 0.5) is 5.69 Å². The van der Waals surface area contributed by atoms with Gasteiger partial charge in [-0.2, -0.15) is 0 Å². The SMILES string of the molecule is Cc1ccc(C(=O)CCC(=O)NCC(=O)Nc2c(C)cccc2C)cc1C. The highest BCUT2D eigenvalue weighted by Gasteiger charge is 2.12. The van der Waals surface area contributed by atoms with E-state index in [0.717, 1.165) is 27.9 Å². The lowest BCUT2D eigenvalue weighted by atomic mass is 10.0. The second-order valence-electron chi connectivity index (χ2n) is 6.81. The molecule has 0 aliphatic heterocycles. The predicted octanol–water partition coefficient (Wildman–Crippen LogP) is 3.64. The Bertz CT molecular complexity index is 852. The van der Waals surface area contributed by atoms with E-state index < -0.39 is 0 Å². The van der Waals surface area contributed by atoms with Crippen LogP contribution in [-0.2, 0) is 9.59 Å². The van der Waals surface area contributed by atoms with Crippen molar-refractivity contribution in [2.24, 2.45) is 0 Å². The van der Waals surface area contributed by atoms with Gasteiger partial charge in [0.25, 0.3) is 0 Å². The lowest BCUT2D eigenvalue weighted by Gasteiger charge is -2.12. The molecule has 0 aromatic heterocycles. The van der Waals surface area contributed by atoms with Gasteiger partial charge < -0.3 is 10.6 Å². The molecule has 142 valence electrons. The van der Waals surface area contributed by atoms with Crippen molar-refractivity contribution in [2.75, 3.05) is 11.9 Å². The standard InChI is InChI=1S/C22H26N2O3/c1-14-8-9-18(12-17(14)4)19(25)10-11-20(26)23-13-21(27)24-22-15(2)6-5-7-16(22)3/h5-9,12H,10-11,13H2,1-4H3,(H,23,26)(H,24,27). The maximum Gasteiger partial charge on any atom is 0.243 e. The number of rotatable bonds is 7. The third-order valence-corrected chi connectivity index (χ3v) is 4.60. The Morgan fingerprint density at radius 1 is 0.778 bits per heavy atom. The van der Waals surface area contributed by atoms with Crippen LogP contribution in [-0.4, -0.2) is 24.1 Å². The summed E-state index contributed by atoms with van der Waals surface area (Å²) in [6.45, 7) is 7.65. The molecule has 27 heavy (non-hydrogen) atoms. The quantitative estimate of drug-likeness (QED) is 0.735. The van der Waals surface area contributed by atoms with Crippen LogP contribution in [0.3, 0.4) is 0 Å². The Balaban J connectivity index is 1.79. The minimum Gasteiger partial charge on any atom is -0.347 e.